The molecule has 0 radical (unpaired) electrons. The molecule has 2 N–H and O–H groups in total. The number of nitrogen functional groups attached to an aromatic ring is 1. The second-order valence-corrected chi connectivity index (χ2v) is 4.41. The smallest absolute Gasteiger partial charge is 0.222 e. The normalized spacial score (nSPS) is 11.6. The number of carbonyl (C=O) groups excluding carboxylic acids is 1. The van der Waals surface area contributed by atoms with E-state index in [0.29, 0.717) is 19.3 Å². The van der Waals surface area contributed by atoms with Crippen LogP contribution in [0.2, 0.25) is 0 Å². The van der Waals surface area contributed by atoms with Crippen LogP contribution in [0.25, 0.3) is 0 Å². The fourth-order valence-electron chi connectivity index (χ4n) is 1.69. The summed E-state index contributed by atoms with van der Waals surface area (Å²) in [6, 6.07) is 9.59. The fourth-order valence-corrected chi connectivity index (χ4v) is 1.69. The SMILES string of the molecule is CC(CC#N)N(C)C(=O)CCc1ccccc1N. The predicted molar refractivity (Wildman–Crippen MR) is 71.6 cm³/mol. The van der Waals surface area contributed by atoms with Crippen LogP contribution < -0.4 is 5.73 Å². The van der Waals surface area contributed by atoms with E-state index in [1.165, 1.54) is 0 Å². The first-order chi connectivity index (χ1) is 8.56. The lowest BCUT2D eigenvalue weighted by Crippen LogP contribution is -2.34. The van der Waals surface area contributed by atoms with Crippen LogP contribution in [0.5, 0.6) is 0 Å². The molecule has 1 aromatic carbocycles. The zero-order chi connectivity index (χ0) is 13.5. The molecule has 1 aromatic rings. The first-order valence-electron chi connectivity index (χ1n) is 6.02. The molecule has 0 fully saturated rings. The molecular formula is C14H19N3O. The summed E-state index contributed by atoms with van der Waals surface area (Å²) >= 11 is 0. The van der Waals surface area contributed by atoms with E-state index in [-0.39, 0.29) is 11.9 Å². The summed E-state index contributed by atoms with van der Waals surface area (Å²) < 4.78 is 0. The molecule has 1 unspecified atom stereocenters. The highest BCUT2D eigenvalue weighted by atomic mass is 16.2. The van der Waals surface area contributed by atoms with E-state index >= 15 is 0 Å². The van der Waals surface area contributed by atoms with E-state index < -0.39 is 0 Å². The zero-order valence-corrected chi connectivity index (χ0v) is 10.9. The van der Waals surface area contributed by atoms with Crippen molar-refractivity contribution in [3.63, 3.8) is 0 Å². The standard InChI is InChI=1S/C14H19N3O/c1-11(9-10-15)17(2)14(18)8-7-12-5-3-4-6-13(12)16/h3-6,11H,7-9,16H2,1-2H3. The maximum atomic E-state index is 11.9. The van der Waals surface area contributed by atoms with Gasteiger partial charge in [0.15, 0.2) is 0 Å². The number of nitrogens with two attached hydrogens (primary N) is 1. The van der Waals surface area contributed by atoms with Crippen molar-refractivity contribution < 1.29 is 4.79 Å². The number of rotatable bonds is 5. The summed E-state index contributed by atoms with van der Waals surface area (Å²) in [5, 5.41) is 8.61. The van der Waals surface area contributed by atoms with Gasteiger partial charge in [-0.15, -0.1) is 0 Å². The van der Waals surface area contributed by atoms with Gasteiger partial charge in [-0.3, -0.25) is 4.79 Å². The number of amides is 1. The van der Waals surface area contributed by atoms with Gasteiger partial charge in [0.05, 0.1) is 12.5 Å². The van der Waals surface area contributed by atoms with E-state index in [9.17, 15) is 4.79 Å². The van der Waals surface area contributed by atoms with E-state index in [2.05, 4.69) is 6.07 Å². The van der Waals surface area contributed by atoms with Gasteiger partial charge in [-0.25, -0.2) is 0 Å². The summed E-state index contributed by atoms with van der Waals surface area (Å²) in [5.41, 5.74) is 7.54. The fraction of sp³-hybridized carbons (Fsp3) is 0.429. The van der Waals surface area contributed by atoms with Gasteiger partial charge < -0.3 is 10.6 Å². The summed E-state index contributed by atoms with van der Waals surface area (Å²) in [6.45, 7) is 1.87. The highest BCUT2D eigenvalue weighted by Crippen LogP contribution is 2.13. The molecule has 18 heavy (non-hydrogen) atoms. The minimum absolute atomic E-state index is 0.0426. The maximum absolute atomic E-state index is 11.9. The third kappa shape index (κ3) is 3.77. The van der Waals surface area contributed by atoms with Gasteiger partial charge >= 0.3 is 0 Å². The Morgan fingerprint density at radius 2 is 2.17 bits per heavy atom. The summed E-state index contributed by atoms with van der Waals surface area (Å²) in [7, 11) is 1.73. The Hall–Kier alpha value is -2.02. The molecule has 0 aliphatic carbocycles. The van der Waals surface area contributed by atoms with Crippen LogP contribution in [0.4, 0.5) is 5.69 Å². The molecule has 1 rings (SSSR count). The van der Waals surface area contributed by atoms with Gasteiger partial charge in [-0.05, 0) is 25.0 Å². The molecule has 0 aromatic heterocycles. The predicted octanol–water partition coefficient (Wildman–Crippen LogP) is 1.96. The second-order valence-electron chi connectivity index (χ2n) is 4.41. The maximum Gasteiger partial charge on any atom is 0.222 e. The van der Waals surface area contributed by atoms with E-state index in [0.717, 1.165) is 11.3 Å². The van der Waals surface area contributed by atoms with Crippen LogP contribution in [0.1, 0.15) is 25.3 Å². The Kier molecular flexibility index (Phi) is 5.19. The highest BCUT2D eigenvalue weighted by Gasteiger charge is 2.15. The van der Waals surface area contributed by atoms with Gasteiger partial charge in [0.2, 0.25) is 5.91 Å². The third-order valence-electron chi connectivity index (χ3n) is 3.10. The van der Waals surface area contributed by atoms with Gasteiger partial charge in [0.1, 0.15) is 0 Å². The molecule has 0 saturated carbocycles. The molecule has 0 aliphatic rings. The van der Waals surface area contributed by atoms with Gasteiger partial charge in [0.25, 0.3) is 0 Å². The lowest BCUT2D eigenvalue weighted by atomic mass is 10.1. The van der Waals surface area contributed by atoms with Crippen molar-refractivity contribution in [1.82, 2.24) is 4.90 Å². The lowest BCUT2D eigenvalue weighted by Gasteiger charge is -2.23. The van der Waals surface area contributed by atoms with Gasteiger partial charge in [-0.2, -0.15) is 5.26 Å². The van der Waals surface area contributed by atoms with Crippen molar-refractivity contribution in [1.29, 1.82) is 5.26 Å². The Labute approximate surface area is 108 Å². The Bertz CT molecular complexity index is 451. The zero-order valence-electron chi connectivity index (χ0n) is 10.9. The van der Waals surface area contributed by atoms with Crippen LogP contribution in [-0.2, 0) is 11.2 Å². The second kappa shape index (κ2) is 6.65. The average molecular weight is 245 g/mol. The molecule has 0 spiro atoms. The number of carbonyl (C=O) groups is 1. The Morgan fingerprint density at radius 1 is 1.50 bits per heavy atom. The lowest BCUT2D eigenvalue weighted by molar-refractivity contribution is -0.131. The molecule has 4 heteroatoms. The minimum atomic E-state index is -0.0457. The van der Waals surface area contributed by atoms with Crippen molar-refractivity contribution in [2.75, 3.05) is 12.8 Å². The number of aryl methyl sites for hydroxylation is 1. The third-order valence-corrected chi connectivity index (χ3v) is 3.10. The Morgan fingerprint density at radius 3 is 2.78 bits per heavy atom. The van der Waals surface area contributed by atoms with Gasteiger partial charge in [-0.1, -0.05) is 18.2 Å². The topological polar surface area (TPSA) is 70.1 Å². The number of nitriles is 1. The number of nitrogens with zero attached hydrogens (tertiary/aromatic N) is 2. The molecule has 0 aliphatic heterocycles. The van der Waals surface area contributed by atoms with E-state index in [1.807, 2.05) is 31.2 Å². The first kappa shape index (κ1) is 14.0. The van der Waals surface area contributed by atoms with Crippen molar-refractivity contribution >= 4 is 11.6 Å². The molecule has 0 heterocycles. The van der Waals surface area contributed by atoms with Gasteiger partial charge in [0, 0.05) is 25.2 Å². The summed E-state index contributed by atoms with van der Waals surface area (Å²) in [5.74, 6) is 0.0426. The number of benzene rings is 1. The molecule has 1 atom stereocenters. The van der Waals surface area contributed by atoms with E-state index in [1.54, 1.807) is 11.9 Å². The monoisotopic (exact) mass is 245 g/mol. The van der Waals surface area contributed by atoms with E-state index in [4.69, 9.17) is 11.0 Å². The van der Waals surface area contributed by atoms with Crippen molar-refractivity contribution in [3.05, 3.63) is 29.8 Å². The molecule has 4 nitrogen and oxygen atoms in total. The van der Waals surface area contributed by atoms with Crippen LogP contribution >= 0.6 is 0 Å². The van der Waals surface area contributed by atoms with Crippen molar-refractivity contribution in [2.24, 2.45) is 0 Å². The molecule has 1 amide bonds. The minimum Gasteiger partial charge on any atom is -0.399 e. The van der Waals surface area contributed by atoms with Crippen LogP contribution in [0.3, 0.4) is 0 Å². The van der Waals surface area contributed by atoms with Crippen molar-refractivity contribution in [3.8, 4) is 6.07 Å². The number of anilines is 1. The summed E-state index contributed by atoms with van der Waals surface area (Å²) in [4.78, 5) is 13.5. The molecular weight excluding hydrogens is 226 g/mol. The van der Waals surface area contributed by atoms with Crippen LogP contribution in [0.15, 0.2) is 24.3 Å². The first-order valence-corrected chi connectivity index (χ1v) is 6.02. The number of hydrogen-bond donors (Lipinski definition) is 1. The Balaban J connectivity index is 2.52. The molecule has 0 saturated heterocycles. The van der Waals surface area contributed by atoms with Crippen molar-refractivity contribution in [2.45, 2.75) is 32.2 Å². The largest absolute Gasteiger partial charge is 0.399 e. The number of hydrogen-bond acceptors (Lipinski definition) is 3. The highest BCUT2D eigenvalue weighted by molar-refractivity contribution is 5.76. The average Bonchev–Trinajstić information content (AvgIpc) is 2.36. The molecule has 96 valence electrons. The van der Waals surface area contributed by atoms with Crippen LogP contribution in [-0.4, -0.2) is 23.9 Å². The molecule has 0 bridgehead atoms. The van der Waals surface area contributed by atoms with Crippen LogP contribution in [0, 0.1) is 11.3 Å². The summed E-state index contributed by atoms with van der Waals surface area (Å²) in [6.07, 6.45) is 1.41. The quantitative estimate of drug-likeness (QED) is 0.806. The number of para-hydroxylation sites is 1.